The fraction of sp³-hybridized carbons (Fsp3) is 0.385. The lowest BCUT2D eigenvalue weighted by molar-refractivity contribution is 0.0590. The lowest BCUT2D eigenvalue weighted by Gasteiger charge is -2.27. The van der Waals surface area contributed by atoms with Crippen molar-refractivity contribution >= 4 is 17.4 Å². The maximum atomic E-state index is 11.8. The molecule has 0 aliphatic carbocycles. The zero-order valence-corrected chi connectivity index (χ0v) is 11.5. The van der Waals surface area contributed by atoms with Gasteiger partial charge in [0.15, 0.2) is 11.3 Å². The number of ether oxygens (including phenoxy) is 2. The molecule has 0 atom stereocenters. The monoisotopic (exact) mass is 290 g/mol. The molecule has 0 bridgehead atoms. The number of anilines is 1. The molecule has 8 nitrogen and oxygen atoms in total. The number of nitrogens with zero attached hydrogens (tertiary/aromatic N) is 4. The molecular formula is C13H14N4O4. The van der Waals surface area contributed by atoms with Crippen LogP contribution in [0.25, 0.3) is 5.65 Å². The molecule has 0 N–H and O–H groups in total. The van der Waals surface area contributed by atoms with Crippen molar-refractivity contribution in [2.24, 2.45) is 0 Å². The molecule has 0 radical (unpaired) electrons. The van der Waals surface area contributed by atoms with Gasteiger partial charge in [-0.2, -0.15) is 4.98 Å². The Morgan fingerprint density at radius 2 is 2.10 bits per heavy atom. The zero-order valence-electron chi connectivity index (χ0n) is 11.5. The molecular weight excluding hydrogens is 276 g/mol. The normalized spacial score (nSPS) is 15.2. The number of rotatable bonds is 2. The van der Waals surface area contributed by atoms with E-state index in [0.29, 0.717) is 24.7 Å². The van der Waals surface area contributed by atoms with Crippen LogP contribution in [0.1, 0.15) is 10.5 Å². The molecule has 1 aliphatic heterocycles. The first kappa shape index (κ1) is 13.5. The zero-order chi connectivity index (χ0) is 14.8. The van der Waals surface area contributed by atoms with Gasteiger partial charge in [-0.05, 0) is 12.1 Å². The number of fused-ring (bicyclic) bond motifs is 1. The summed E-state index contributed by atoms with van der Waals surface area (Å²) in [6.45, 7) is 2.71. The maximum Gasteiger partial charge on any atom is 0.357 e. The number of carbonyl (C=O) groups excluding carboxylic acids is 1. The van der Waals surface area contributed by atoms with Gasteiger partial charge in [0, 0.05) is 19.2 Å². The van der Waals surface area contributed by atoms with Gasteiger partial charge in [0.05, 0.1) is 20.3 Å². The molecule has 8 heteroatoms. The Morgan fingerprint density at radius 1 is 1.33 bits per heavy atom. The van der Waals surface area contributed by atoms with Crippen LogP contribution in [-0.2, 0) is 9.47 Å². The third kappa shape index (κ3) is 2.57. The average Bonchev–Trinajstić information content (AvgIpc) is 2.53. The van der Waals surface area contributed by atoms with Gasteiger partial charge in [-0.1, -0.05) is 0 Å². The second kappa shape index (κ2) is 5.49. The molecule has 3 heterocycles. The van der Waals surface area contributed by atoms with Crippen molar-refractivity contribution in [2.75, 3.05) is 38.3 Å². The molecule has 110 valence electrons. The van der Waals surface area contributed by atoms with Crippen LogP contribution in [0.4, 0.5) is 5.82 Å². The topological polar surface area (TPSA) is 86.0 Å². The minimum absolute atomic E-state index is 0.0580. The van der Waals surface area contributed by atoms with E-state index in [1.807, 2.05) is 4.90 Å². The Kier molecular flexibility index (Phi) is 3.53. The van der Waals surface area contributed by atoms with E-state index in [2.05, 4.69) is 14.8 Å². The third-order valence-corrected chi connectivity index (χ3v) is 3.24. The summed E-state index contributed by atoms with van der Waals surface area (Å²) in [5, 5.41) is 4.39. The van der Waals surface area contributed by atoms with Gasteiger partial charge in [0.1, 0.15) is 5.82 Å². The van der Waals surface area contributed by atoms with Crippen LogP contribution < -0.4 is 10.5 Å². The van der Waals surface area contributed by atoms with Crippen LogP contribution in [-0.4, -0.2) is 54.0 Å². The molecule has 2 aromatic rings. The third-order valence-electron chi connectivity index (χ3n) is 3.24. The van der Waals surface area contributed by atoms with Crippen molar-refractivity contribution in [3.8, 4) is 0 Å². The second-order valence-corrected chi connectivity index (χ2v) is 4.53. The predicted molar refractivity (Wildman–Crippen MR) is 73.6 cm³/mol. The van der Waals surface area contributed by atoms with Gasteiger partial charge in [0.2, 0.25) is 0 Å². The predicted octanol–water partition coefficient (Wildman–Crippen LogP) is -0.287. The largest absolute Gasteiger partial charge is 0.464 e. The number of hydrogen-bond acceptors (Lipinski definition) is 7. The number of carbonyl (C=O) groups is 1. The Morgan fingerprint density at radius 3 is 2.81 bits per heavy atom. The Labute approximate surface area is 119 Å². The van der Waals surface area contributed by atoms with Gasteiger partial charge in [0.25, 0.3) is 5.56 Å². The summed E-state index contributed by atoms with van der Waals surface area (Å²) in [7, 11) is 1.26. The smallest absolute Gasteiger partial charge is 0.357 e. The van der Waals surface area contributed by atoms with Gasteiger partial charge < -0.3 is 14.4 Å². The first-order valence-electron chi connectivity index (χ1n) is 6.51. The van der Waals surface area contributed by atoms with Crippen molar-refractivity contribution in [3.05, 3.63) is 34.2 Å². The SMILES string of the molecule is COC(=O)c1cc(=O)nc2ccc(N3CCOCC3)nn12. The highest BCUT2D eigenvalue weighted by Crippen LogP contribution is 2.13. The number of esters is 1. The van der Waals surface area contributed by atoms with Crippen LogP contribution >= 0.6 is 0 Å². The van der Waals surface area contributed by atoms with Crippen LogP contribution in [0.3, 0.4) is 0 Å². The molecule has 0 unspecified atom stereocenters. The van der Waals surface area contributed by atoms with E-state index in [-0.39, 0.29) is 5.69 Å². The van der Waals surface area contributed by atoms with E-state index in [4.69, 9.17) is 4.74 Å². The van der Waals surface area contributed by atoms with Gasteiger partial charge in [-0.3, -0.25) is 4.79 Å². The number of aromatic nitrogens is 3. The van der Waals surface area contributed by atoms with Crippen molar-refractivity contribution in [1.82, 2.24) is 14.6 Å². The number of methoxy groups -OCH3 is 1. The van der Waals surface area contributed by atoms with Crippen molar-refractivity contribution in [1.29, 1.82) is 0 Å². The molecule has 21 heavy (non-hydrogen) atoms. The van der Waals surface area contributed by atoms with Gasteiger partial charge in [-0.15, -0.1) is 5.10 Å². The lowest BCUT2D eigenvalue weighted by atomic mass is 10.3. The molecule has 0 aromatic carbocycles. The highest BCUT2D eigenvalue weighted by molar-refractivity contribution is 5.87. The number of morpholine rings is 1. The van der Waals surface area contributed by atoms with E-state index in [0.717, 1.165) is 19.2 Å². The Balaban J connectivity index is 2.12. The summed E-state index contributed by atoms with van der Waals surface area (Å²) >= 11 is 0. The molecule has 1 fully saturated rings. The average molecular weight is 290 g/mol. The quantitative estimate of drug-likeness (QED) is 0.703. The minimum atomic E-state index is -0.629. The van der Waals surface area contributed by atoms with Crippen LogP contribution in [0, 0.1) is 0 Å². The molecule has 1 saturated heterocycles. The maximum absolute atomic E-state index is 11.8. The second-order valence-electron chi connectivity index (χ2n) is 4.53. The van der Waals surface area contributed by atoms with E-state index in [1.165, 1.54) is 11.6 Å². The number of hydrogen-bond donors (Lipinski definition) is 0. The Hall–Kier alpha value is -2.48. The van der Waals surface area contributed by atoms with Crippen LogP contribution in [0.2, 0.25) is 0 Å². The standard InChI is InChI=1S/C13H14N4O4/c1-20-13(19)9-8-12(18)14-10-2-3-11(15-17(9)10)16-4-6-21-7-5-16/h2-3,8H,4-7H2,1H3. The summed E-state index contributed by atoms with van der Waals surface area (Å²) in [4.78, 5) is 29.2. The lowest BCUT2D eigenvalue weighted by Crippen LogP contribution is -2.37. The highest BCUT2D eigenvalue weighted by atomic mass is 16.5. The van der Waals surface area contributed by atoms with Crippen molar-refractivity contribution in [3.63, 3.8) is 0 Å². The minimum Gasteiger partial charge on any atom is -0.464 e. The highest BCUT2D eigenvalue weighted by Gasteiger charge is 2.17. The summed E-state index contributed by atoms with van der Waals surface area (Å²) in [6, 6.07) is 4.55. The fourth-order valence-corrected chi connectivity index (χ4v) is 2.20. The van der Waals surface area contributed by atoms with Crippen LogP contribution in [0.5, 0.6) is 0 Å². The first-order chi connectivity index (χ1) is 10.2. The summed E-state index contributed by atoms with van der Waals surface area (Å²) in [5.41, 5.74) is -0.140. The molecule has 2 aromatic heterocycles. The summed E-state index contributed by atoms with van der Waals surface area (Å²) in [5.74, 6) is 0.0672. The van der Waals surface area contributed by atoms with Crippen molar-refractivity contribution in [2.45, 2.75) is 0 Å². The van der Waals surface area contributed by atoms with Crippen LogP contribution in [0.15, 0.2) is 23.0 Å². The van der Waals surface area contributed by atoms with E-state index in [9.17, 15) is 9.59 Å². The molecule has 0 amide bonds. The van der Waals surface area contributed by atoms with Gasteiger partial charge in [-0.25, -0.2) is 9.31 Å². The van der Waals surface area contributed by atoms with E-state index < -0.39 is 11.5 Å². The van der Waals surface area contributed by atoms with Crippen molar-refractivity contribution < 1.29 is 14.3 Å². The summed E-state index contributed by atoms with van der Waals surface area (Å²) < 4.78 is 11.3. The Bertz CT molecular complexity index is 737. The molecule has 0 spiro atoms. The molecule has 0 saturated carbocycles. The molecule has 1 aliphatic rings. The van der Waals surface area contributed by atoms with E-state index in [1.54, 1.807) is 12.1 Å². The fourth-order valence-electron chi connectivity index (χ4n) is 2.20. The van der Waals surface area contributed by atoms with Gasteiger partial charge >= 0.3 is 5.97 Å². The first-order valence-corrected chi connectivity index (χ1v) is 6.51. The van der Waals surface area contributed by atoms with E-state index >= 15 is 0 Å². The molecule has 3 rings (SSSR count). The summed E-state index contributed by atoms with van der Waals surface area (Å²) in [6.07, 6.45) is 0.